The number of carboxylic acids is 1. The molecule has 0 radical (unpaired) electrons. The lowest BCUT2D eigenvalue weighted by Gasteiger charge is -2.22. The molecule has 0 bridgehead atoms. The molecule has 2 N–H and O–H groups in total. The van der Waals surface area contributed by atoms with E-state index in [0.29, 0.717) is 16.9 Å². The second-order valence-corrected chi connectivity index (χ2v) is 4.23. The molecule has 0 saturated carbocycles. The molecule has 1 heterocycles. The van der Waals surface area contributed by atoms with Crippen LogP contribution in [0.15, 0.2) is 5.57 Å². The van der Waals surface area contributed by atoms with Gasteiger partial charge in [0.15, 0.2) is 0 Å². The van der Waals surface area contributed by atoms with Gasteiger partial charge in [0, 0.05) is 11.1 Å². The number of benzene rings is 1. The Labute approximate surface area is 99.2 Å². The maximum Gasteiger partial charge on any atom is 0.335 e. The van der Waals surface area contributed by atoms with Gasteiger partial charge in [-0.05, 0) is 38.0 Å². The van der Waals surface area contributed by atoms with E-state index in [-0.39, 0.29) is 17.9 Å². The quantitative estimate of drug-likeness (QED) is 0.781. The fourth-order valence-corrected chi connectivity index (χ4v) is 1.98. The third kappa shape index (κ3) is 1.65. The highest BCUT2D eigenvalue weighted by Gasteiger charge is 2.23. The van der Waals surface area contributed by atoms with Crippen molar-refractivity contribution in [2.45, 2.75) is 20.8 Å². The molecule has 1 aliphatic rings. The summed E-state index contributed by atoms with van der Waals surface area (Å²) in [6, 6.07) is 0. The molecule has 2 rings (SSSR count). The lowest BCUT2D eigenvalue weighted by Crippen LogP contribution is -2.16. The maximum absolute atomic E-state index is 10.9. The first kappa shape index (κ1) is 11.5. The lowest BCUT2D eigenvalue weighted by atomic mass is 9.94. The Morgan fingerprint density at radius 3 is 2.47 bits per heavy atom. The first-order valence-electron chi connectivity index (χ1n) is 5.33. The molecule has 4 nitrogen and oxygen atoms in total. The van der Waals surface area contributed by atoms with Crippen molar-refractivity contribution in [3.05, 3.63) is 27.8 Å². The molecular formula is C13H14O4. The Hall–Kier alpha value is -1.97. The van der Waals surface area contributed by atoms with Gasteiger partial charge in [0.25, 0.3) is 0 Å². The van der Waals surface area contributed by atoms with Gasteiger partial charge in [0.05, 0.1) is 5.57 Å². The van der Waals surface area contributed by atoms with Gasteiger partial charge in [0.2, 0.25) is 0 Å². The summed E-state index contributed by atoms with van der Waals surface area (Å²) in [6.45, 7) is 5.49. The number of fused-ring (bicyclic) bond motifs is 1. The second kappa shape index (κ2) is 3.80. The number of hydrogen-bond donors (Lipinski definition) is 2. The van der Waals surface area contributed by atoms with Crippen molar-refractivity contribution >= 4 is 12.0 Å². The van der Waals surface area contributed by atoms with Gasteiger partial charge in [0.1, 0.15) is 18.1 Å². The number of ether oxygens (including phenoxy) is 1. The number of aliphatic carboxylic acids is 1. The number of phenolic OH excluding ortho intramolecular Hbond substituents is 1. The lowest BCUT2D eigenvalue weighted by molar-refractivity contribution is -0.132. The first-order valence-corrected chi connectivity index (χ1v) is 5.33. The number of carboxylic acid groups (broad SMARTS) is 1. The number of carbonyl (C=O) groups is 1. The zero-order valence-electron chi connectivity index (χ0n) is 10.00. The minimum absolute atomic E-state index is 0.0623. The van der Waals surface area contributed by atoms with Crippen molar-refractivity contribution in [3.63, 3.8) is 0 Å². The van der Waals surface area contributed by atoms with Crippen LogP contribution < -0.4 is 4.74 Å². The summed E-state index contributed by atoms with van der Waals surface area (Å²) in [5.41, 5.74) is 3.14. The third-order valence-electron chi connectivity index (χ3n) is 3.23. The zero-order valence-corrected chi connectivity index (χ0v) is 10.00. The molecular weight excluding hydrogens is 220 g/mol. The summed E-state index contributed by atoms with van der Waals surface area (Å²) >= 11 is 0. The highest BCUT2D eigenvalue weighted by atomic mass is 16.5. The average Bonchev–Trinajstić information content (AvgIpc) is 2.32. The topological polar surface area (TPSA) is 66.8 Å². The van der Waals surface area contributed by atoms with E-state index in [1.165, 1.54) is 0 Å². The third-order valence-corrected chi connectivity index (χ3v) is 3.23. The van der Waals surface area contributed by atoms with Crippen LogP contribution in [0.3, 0.4) is 0 Å². The van der Waals surface area contributed by atoms with Crippen LogP contribution in [0.1, 0.15) is 22.3 Å². The van der Waals surface area contributed by atoms with Crippen LogP contribution in [0.4, 0.5) is 0 Å². The number of phenols is 1. The molecule has 0 unspecified atom stereocenters. The van der Waals surface area contributed by atoms with Gasteiger partial charge < -0.3 is 14.9 Å². The zero-order chi connectivity index (χ0) is 12.7. The molecule has 0 atom stereocenters. The van der Waals surface area contributed by atoms with Gasteiger partial charge >= 0.3 is 5.97 Å². The Morgan fingerprint density at radius 1 is 1.24 bits per heavy atom. The summed E-state index contributed by atoms with van der Waals surface area (Å²) in [7, 11) is 0. The summed E-state index contributed by atoms with van der Waals surface area (Å²) in [5, 5.41) is 18.9. The fraction of sp³-hybridized carbons (Fsp3) is 0.308. The van der Waals surface area contributed by atoms with Crippen molar-refractivity contribution in [2.24, 2.45) is 0 Å². The van der Waals surface area contributed by atoms with E-state index in [1.54, 1.807) is 13.0 Å². The van der Waals surface area contributed by atoms with Crippen LogP contribution in [0.5, 0.6) is 11.5 Å². The molecule has 1 aromatic carbocycles. The maximum atomic E-state index is 10.9. The van der Waals surface area contributed by atoms with Crippen LogP contribution in [0.2, 0.25) is 0 Å². The highest BCUT2D eigenvalue weighted by molar-refractivity contribution is 5.94. The largest absolute Gasteiger partial charge is 0.507 e. The van der Waals surface area contributed by atoms with Crippen molar-refractivity contribution in [3.8, 4) is 11.5 Å². The van der Waals surface area contributed by atoms with Gasteiger partial charge in [-0.1, -0.05) is 0 Å². The van der Waals surface area contributed by atoms with E-state index in [0.717, 1.165) is 11.1 Å². The molecule has 1 aromatic rings. The standard InChI is InChI=1S/C13H14O4/c1-6-7(2)12-10(8(3)11(6)14)4-9(5-17-12)13(15)16/h4,14H,5H2,1-3H3,(H,15,16). The summed E-state index contributed by atoms with van der Waals surface area (Å²) in [6.07, 6.45) is 1.57. The van der Waals surface area contributed by atoms with E-state index >= 15 is 0 Å². The molecule has 0 saturated heterocycles. The molecule has 0 fully saturated rings. The molecule has 0 aromatic heterocycles. The van der Waals surface area contributed by atoms with Gasteiger partial charge in [-0.2, -0.15) is 0 Å². The van der Waals surface area contributed by atoms with Crippen molar-refractivity contribution in [2.75, 3.05) is 6.61 Å². The smallest absolute Gasteiger partial charge is 0.335 e. The number of rotatable bonds is 1. The molecule has 1 aliphatic heterocycles. The number of aromatic hydroxyl groups is 1. The minimum atomic E-state index is -0.993. The van der Waals surface area contributed by atoms with Crippen LogP contribution in [-0.2, 0) is 4.79 Å². The van der Waals surface area contributed by atoms with E-state index in [1.807, 2.05) is 13.8 Å². The molecule has 90 valence electrons. The number of hydrogen-bond acceptors (Lipinski definition) is 3. The first-order chi connectivity index (χ1) is 7.93. The molecule has 0 aliphatic carbocycles. The summed E-state index contributed by atoms with van der Waals surface area (Å²) in [5.74, 6) is -0.122. The fourth-order valence-electron chi connectivity index (χ4n) is 1.98. The SMILES string of the molecule is Cc1c(C)c2c(c(C)c1O)C=C(C(=O)O)CO2. The van der Waals surface area contributed by atoms with E-state index in [2.05, 4.69) is 0 Å². The van der Waals surface area contributed by atoms with E-state index in [4.69, 9.17) is 9.84 Å². The molecule has 0 spiro atoms. The van der Waals surface area contributed by atoms with Crippen molar-refractivity contribution in [1.82, 2.24) is 0 Å². The highest BCUT2D eigenvalue weighted by Crippen LogP contribution is 2.40. The normalized spacial score (nSPS) is 13.7. The Bertz CT molecular complexity index is 541. The second-order valence-electron chi connectivity index (χ2n) is 4.23. The summed E-state index contributed by atoms with van der Waals surface area (Å²) < 4.78 is 5.48. The Morgan fingerprint density at radius 2 is 1.88 bits per heavy atom. The Balaban J connectivity index is 2.71. The predicted molar refractivity (Wildman–Crippen MR) is 63.4 cm³/mol. The Kier molecular flexibility index (Phi) is 2.58. The van der Waals surface area contributed by atoms with E-state index in [9.17, 15) is 9.90 Å². The monoisotopic (exact) mass is 234 g/mol. The average molecular weight is 234 g/mol. The molecule has 17 heavy (non-hydrogen) atoms. The van der Waals surface area contributed by atoms with Crippen LogP contribution in [-0.4, -0.2) is 22.8 Å². The minimum Gasteiger partial charge on any atom is -0.507 e. The van der Waals surface area contributed by atoms with Gasteiger partial charge in [-0.3, -0.25) is 0 Å². The van der Waals surface area contributed by atoms with E-state index < -0.39 is 5.97 Å². The predicted octanol–water partition coefficient (Wildman–Crippen LogP) is 2.18. The molecule has 4 heteroatoms. The van der Waals surface area contributed by atoms with Gasteiger partial charge in [-0.15, -0.1) is 0 Å². The van der Waals surface area contributed by atoms with Crippen LogP contribution in [0.25, 0.3) is 6.08 Å². The summed E-state index contributed by atoms with van der Waals surface area (Å²) in [4.78, 5) is 10.9. The van der Waals surface area contributed by atoms with Crippen molar-refractivity contribution < 1.29 is 19.7 Å². The van der Waals surface area contributed by atoms with Crippen LogP contribution >= 0.6 is 0 Å². The van der Waals surface area contributed by atoms with Gasteiger partial charge in [-0.25, -0.2) is 4.79 Å². The van der Waals surface area contributed by atoms with Crippen LogP contribution in [0, 0.1) is 20.8 Å². The molecule has 0 amide bonds. The van der Waals surface area contributed by atoms with Crippen molar-refractivity contribution in [1.29, 1.82) is 0 Å².